The van der Waals surface area contributed by atoms with Crippen LogP contribution in [-0.4, -0.2) is 8.80 Å². The molecule has 0 aliphatic heterocycles. The number of nitriles is 1. The number of fused-ring (bicyclic) bond motifs is 12. The SMILES string of the molecule is [C-]#[N+]c1cc2c(c3c1C1c4ccccc4C3c3ccccc31)c1cc(C(C)(C)C)cc3c4c(CC(C)(C)C)c5c(c(CC(C)(C)C)c4n2c13)c1cc(C(C)(C)C)cc2c3c4c(c(C#N)cc3n5c21)C1c2ccccc2C4c2ccccc21. The van der Waals surface area contributed by atoms with Crippen LogP contribution in [0.3, 0.4) is 0 Å². The molecule has 0 amide bonds. The van der Waals surface area contributed by atoms with E-state index < -0.39 is 0 Å². The fourth-order valence-electron chi connectivity index (χ4n) is 17.2. The van der Waals surface area contributed by atoms with Gasteiger partial charge in [-0.15, -0.1) is 0 Å². The third-order valence-corrected chi connectivity index (χ3v) is 20.1. The lowest BCUT2D eigenvalue weighted by molar-refractivity contribution is 0.411. The molecular formula is C78H66N4. The summed E-state index contributed by atoms with van der Waals surface area (Å²) in [7, 11) is 0. The highest BCUT2D eigenvalue weighted by Gasteiger charge is 2.47. The average Bonchev–Trinajstić information content (AvgIpc) is 1.49. The van der Waals surface area contributed by atoms with E-state index in [4.69, 9.17) is 0 Å². The fourth-order valence-corrected chi connectivity index (χ4v) is 17.2. The van der Waals surface area contributed by atoms with Crippen LogP contribution in [-0.2, 0) is 23.7 Å². The number of rotatable bonds is 2. The molecule has 398 valence electrons. The highest BCUT2D eigenvalue weighted by atomic mass is 15.0. The van der Waals surface area contributed by atoms with Gasteiger partial charge in [0, 0.05) is 72.3 Å². The highest BCUT2D eigenvalue weighted by molar-refractivity contribution is 6.33. The Morgan fingerprint density at radius 1 is 0.415 bits per heavy atom. The molecule has 0 spiro atoms. The molecule has 6 aliphatic rings. The van der Waals surface area contributed by atoms with Crippen LogP contribution >= 0.6 is 0 Å². The van der Waals surface area contributed by atoms with Crippen molar-refractivity contribution in [3.63, 3.8) is 0 Å². The summed E-state index contributed by atoms with van der Waals surface area (Å²) in [5, 5.41) is 22.1. The molecule has 4 aromatic heterocycles. The van der Waals surface area contributed by atoms with Crippen molar-refractivity contribution in [2.75, 3.05) is 0 Å². The van der Waals surface area contributed by atoms with Gasteiger partial charge in [0.15, 0.2) is 5.69 Å². The zero-order valence-corrected chi connectivity index (χ0v) is 49.2. The van der Waals surface area contributed by atoms with Crippen LogP contribution < -0.4 is 0 Å². The predicted octanol–water partition coefficient (Wildman–Crippen LogP) is 20.2. The molecule has 9 aromatic carbocycles. The molecule has 0 unspecified atom stereocenters. The molecule has 0 atom stereocenters. The van der Waals surface area contributed by atoms with E-state index in [9.17, 15) is 11.8 Å². The van der Waals surface area contributed by atoms with Gasteiger partial charge in [-0.1, -0.05) is 180 Å². The number of hydrogen-bond donors (Lipinski definition) is 0. The summed E-state index contributed by atoms with van der Waals surface area (Å²) in [6.45, 7) is 37.9. The Balaban J connectivity index is 1.13. The number of nitrogens with zero attached hydrogens (tertiary/aromatic N) is 4. The van der Waals surface area contributed by atoms with E-state index in [-0.39, 0.29) is 45.3 Å². The molecule has 0 N–H and O–H groups in total. The zero-order chi connectivity index (χ0) is 56.3. The van der Waals surface area contributed by atoms with Gasteiger partial charge in [-0.25, -0.2) is 4.85 Å². The molecule has 4 heteroatoms. The molecule has 0 fully saturated rings. The monoisotopic (exact) mass is 1060 g/mol. The number of aromatic nitrogens is 2. The third-order valence-electron chi connectivity index (χ3n) is 20.1. The smallest absolute Gasteiger partial charge is 0.193 e. The lowest BCUT2D eigenvalue weighted by Crippen LogP contribution is -2.28. The quantitative estimate of drug-likeness (QED) is 0.159. The Hall–Kier alpha value is -8.44. The van der Waals surface area contributed by atoms with Crippen LogP contribution in [0.15, 0.2) is 133 Å². The van der Waals surface area contributed by atoms with Crippen molar-refractivity contribution < 1.29 is 0 Å². The van der Waals surface area contributed by atoms with Crippen molar-refractivity contribution in [1.29, 1.82) is 5.26 Å². The molecule has 4 heterocycles. The molecule has 19 rings (SSSR count). The second-order valence-corrected chi connectivity index (χ2v) is 29.6. The Morgan fingerprint density at radius 2 is 0.732 bits per heavy atom. The average molecular weight is 1060 g/mol. The molecule has 4 bridgehead atoms. The Morgan fingerprint density at radius 3 is 1.06 bits per heavy atom. The van der Waals surface area contributed by atoms with Crippen molar-refractivity contribution >= 4 is 81.9 Å². The molecule has 13 aromatic rings. The highest BCUT2D eigenvalue weighted by Crippen LogP contribution is 2.64. The van der Waals surface area contributed by atoms with Crippen LogP contribution in [0, 0.1) is 28.7 Å². The normalized spacial score (nSPS) is 18.1. The van der Waals surface area contributed by atoms with Crippen molar-refractivity contribution in [2.45, 2.75) is 130 Å². The Kier molecular flexibility index (Phi) is 9.04. The summed E-state index contributed by atoms with van der Waals surface area (Å²) in [5.74, 6) is -0.0639. The summed E-state index contributed by atoms with van der Waals surface area (Å²) in [4.78, 5) is 4.58. The van der Waals surface area contributed by atoms with E-state index in [1.807, 2.05) is 0 Å². The summed E-state index contributed by atoms with van der Waals surface area (Å²) in [6, 6.07) is 54.0. The van der Waals surface area contributed by atoms with E-state index in [2.05, 4.69) is 236 Å². The minimum atomic E-state index is -0.170. The first-order valence-corrected chi connectivity index (χ1v) is 29.9. The minimum absolute atomic E-state index is 0.00405. The number of benzene rings is 9. The first-order valence-electron chi connectivity index (χ1n) is 29.9. The van der Waals surface area contributed by atoms with E-state index in [0.717, 1.165) is 35.1 Å². The summed E-state index contributed by atoms with van der Waals surface area (Å²) in [5.41, 5.74) is 29.5. The van der Waals surface area contributed by atoms with Crippen molar-refractivity contribution in [1.82, 2.24) is 8.80 Å². The first kappa shape index (κ1) is 48.3. The van der Waals surface area contributed by atoms with Gasteiger partial charge in [0.25, 0.3) is 0 Å². The molecule has 82 heavy (non-hydrogen) atoms. The van der Waals surface area contributed by atoms with Crippen LogP contribution in [0.2, 0.25) is 0 Å². The largest absolute Gasteiger partial charge is 0.309 e. The van der Waals surface area contributed by atoms with E-state index >= 15 is 0 Å². The fraction of sp³-hybridized carbons (Fsp3) is 0.282. The predicted molar refractivity (Wildman–Crippen MR) is 340 cm³/mol. The molecule has 0 saturated carbocycles. The van der Waals surface area contributed by atoms with Gasteiger partial charge in [-0.3, -0.25) is 0 Å². The number of hydrogen-bond acceptors (Lipinski definition) is 1. The van der Waals surface area contributed by atoms with Gasteiger partial charge >= 0.3 is 0 Å². The lowest BCUT2D eigenvalue weighted by Gasteiger charge is -2.43. The Labute approximate surface area is 480 Å². The van der Waals surface area contributed by atoms with Crippen LogP contribution in [0.4, 0.5) is 5.69 Å². The Bertz CT molecular complexity index is 4760. The van der Waals surface area contributed by atoms with Gasteiger partial charge in [0.05, 0.1) is 45.8 Å². The minimum Gasteiger partial charge on any atom is -0.309 e. The van der Waals surface area contributed by atoms with Crippen LogP contribution in [0.1, 0.15) is 201 Å². The van der Waals surface area contributed by atoms with Crippen molar-refractivity contribution in [3.05, 3.63) is 239 Å². The first-order chi connectivity index (χ1) is 39.2. The van der Waals surface area contributed by atoms with Gasteiger partial charge in [0.2, 0.25) is 0 Å². The molecule has 4 nitrogen and oxygen atoms in total. The summed E-state index contributed by atoms with van der Waals surface area (Å²) >= 11 is 0. The van der Waals surface area contributed by atoms with Gasteiger partial charge in [-0.2, -0.15) is 5.26 Å². The van der Waals surface area contributed by atoms with Gasteiger partial charge in [-0.05, 0) is 160 Å². The third kappa shape index (κ3) is 5.91. The summed E-state index contributed by atoms with van der Waals surface area (Å²) < 4.78 is 5.38. The lowest BCUT2D eigenvalue weighted by atomic mass is 9.59. The molecular weight excluding hydrogens is 993 g/mol. The van der Waals surface area contributed by atoms with E-state index in [0.29, 0.717) is 0 Å². The van der Waals surface area contributed by atoms with Crippen molar-refractivity contribution in [2.24, 2.45) is 10.8 Å². The maximum Gasteiger partial charge on any atom is 0.193 e. The topological polar surface area (TPSA) is 37.0 Å². The van der Waals surface area contributed by atoms with E-state index in [1.54, 1.807) is 0 Å². The van der Waals surface area contributed by atoms with Gasteiger partial charge in [0.1, 0.15) is 0 Å². The molecule has 0 radical (unpaired) electrons. The maximum atomic E-state index is 11.7. The second-order valence-electron chi connectivity index (χ2n) is 29.6. The second kappa shape index (κ2) is 15.4. The van der Waals surface area contributed by atoms with Gasteiger partial charge < -0.3 is 8.80 Å². The molecule has 6 aliphatic carbocycles. The maximum absolute atomic E-state index is 11.7. The zero-order valence-electron chi connectivity index (χ0n) is 49.2. The molecule has 0 saturated heterocycles. The van der Waals surface area contributed by atoms with Crippen LogP contribution in [0.25, 0.3) is 81.0 Å². The van der Waals surface area contributed by atoms with E-state index in [1.165, 1.54) is 154 Å². The van der Waals surface area contributed by atoms with Crippen molar-refractivity contribution in [3.8, 4) is 6.07 Å². The standard InChI is InChI=1S/C78H66N4/c1-75(2,3)36-54-65-51-32-41(78(10,11)12)34-53-67-58(35-56(80-13)68-61-44-24-16-20-28-48(44)63(70(67)68)49-29-21-17-25-45(49)61)82(72(51)53)74(65)55(37-76(4,5)6)64-50-31-40(77(7,8)9)33-52-66-57(81(71(50)52)73(54)64)30-39(38-79)59-60-42-22-14-18-26-46(42)62(69(59)66)47-27-19-15-23-43(47)60/h14-35,60-63H,36-37H2,1-12H3. The summed E-state index contributed by atoms with van der Waals surface area (Å²) in [6.07, 6.45) is 1.67. The van der Waals surface area contributed by atoms with Crippen LogP contribution in [0.5, 0.6) is 0 Å².